The van der Waals surface area contributed by atoms with Crippen LogP contribution in [0.3, 0.4) is 0 Å². The lowest BCUT2D eigenvalue weighted by Crippen LogP contribution is -3.00. The lowest BCUT2D eigenvalue weighted by atomic mass is 10.1. The van der Waals surface area contributed by atoms with E-state index in [1.54, 1.807) is 24.4 Å². The van der Waals surface area contributed by atoms with Crippen molar-refractivity contribution in [2.75, 3.05) is 0 Å². The maximum Gasteiger partial charge on any atom is 0.182 e. The summed E-state index contributed by atoms with van der Waals surface area (Å²) in [4.78, 5) is 11.9. The Kier molecular flexibility index (Phi) is 4.72. The van der Waals surface area contributed by atoms with Crippen molar-refractivity contribution in [2.24, 2.45) is 0 Å². The van der Waals surface area contributed by atoms with Gasteiger partial charge in [-0.15, -0.1) is 0 Å². The number of carbonyl (C=O) groups excluding carboxylic acids is 1. The van der Waals surface area contributed by atoms with E-state index in [2.05, 4.69) is 0 Å². The van der Waals surface area contributed by atoms with Gasteiger partial charge in [0, 0.05) is 11.8 Å². The molecule has 2 aromatic rings. The van der Waals surface area contributed by atoms with Gasteiger partial charge in [-0.2, -0.15) is 0 Å². The number of carbonyl (C=O) groups is 1. The Labute approximate surface area is 115 Å². The molecule has 2 rings (SSSR count). The van der Waals surface area contributed by atoms with Crippen LogP contribution in [0.15, 0.2) is 42.6 Å². The first kappa shape index (κ1) is 14.8. The molecule has 0 aliphatic rings. The summed E-state index contributed by atoms with van der Waals surface area (Å²) < 4.78 is 1.49. The molecule has 3 N–H and O–H groups in total. The Morgan fingerprint density at radius 2 is 1.89 bits per heavy atom. The summed E-state index contributed by atoms with van der Waals surface area (Å²) in [5.41, 5.74) is 0.523. The summed E-state index contributed by atoms with van der Waals surface area (Å²) >= 11 is 0. The largest absolute Gasteiger partial charge is 1.00 e. The molecule has 0 fully saturated rings. The fourth-order valence-corrected chi connectivity index (χ4v) is 1.56. The number of nitrogens with one attached hydrogen (secondary N) is 1. The van der Waals surface area contributed by atoms with Crippen molar-refractivity contribution in [2.45, 2.75) is 6.54 Å². The van der Waals surface area contributed by atoms with Gasteiger partial charge >= 0.3 is 0 Å². The van der Waals surface area contributed by atoms with Crippen LogP contribution < -0.4 is 17.9 Å². The number of aromatic hydroxyl groups is 2. The van der Waals surface area contributed by atoms with Gasteiger partial charge in [0.15, 0.2) is 17.3 Å². The fraction of sp³-hybridized carbons (Fsp3) is 0.0769. The molecule has 0 atom stereocenters. The predicted molar refractivity (Wildman–Crippen MR) is 64.4 cm³/mol. The van der Waals surface area contributed by atoms with E-state index in [1.807, 2.05) is 0 Å². The van der Waals surface area contributed by atoms with Crippen LogP contribution in [0, 0.1) is 5.41 Å². The second kappa shape index (κ2) is 6.06. The van der Waals surface area contributed by atoms with Crippen LogP contribution in [-0.2, 0) is 6.54 Å². The number of hydrogen-bond acceptors (Lipinski definition) is 4. The average Bonchev–Trinajstić information content (AvgIpc) is 2.35. The first-order chi connectivity index (χ1) is 8.58. The number of rotatable bonds is 3. The van der Waals surface area contributed by atoms with Gasteiger partial charge in [0.25, 0.3) is 0 Å². The number of hydrogen-bond donors (Lipinski definition) is 3. The van der Waals surface area contributed by atoms with Gasteiger partial charge in [0.05, 0.1) is 6.54 Å². The fourth-order valence-electron chi connectivity index (χ4n) is 1.56. The Balaban J connectivity index is 0.00000180. The van der Waals surface area contributed by atoms with Gasteiger partial charge in [0.1, 0.15) is 5.49 Å². The number of benzene rings is 1. The third kappa shape index (κ3) is 3.35. The summed E-state index contributed by atoms with van der Waals surface area (Å²) in [6, 6.07) is 8.95. The summed E-state index contributed by atoms with van der Waals surface area (Å²) in [6.07, 6.45) is 1.64. The van der Waals surface area contributed by atoms with Crippen LogP contribution in [0.2, 0.25) is 0 Å². The number of aromatic nitrogens is 1. The van der Waals surface area contributed by atoms with E-state index < -0.39 is 0 Å². The number of pyridine rings is 1. The summed E-state index contributed by atoms with van der Waals surface area (Å²) in [5.74, 6) is -0.833. The van der Waals surface area contributed by atoms with Gasteiger partial charge in [-0.25, -0.2) is 0 Å². The first-order valence-corrected chi connectivity index (χ1v) is 5.33. The molecule has 0 aliphatic carbocycles. The van der Waals surface area contributed by atoms with Crippen molar-refractivity contribution in [3.63, 3.8) is 0 Å². The van der Waals surface area contributed by atoms with Gasteiger partial charge < -0.3 is 27.2 Å². The van der Waals surface area contributed by atoms with Crippen molar-refractivity contribution < 1.29 is 27.4 Å². The van der Waals surface area contributed by atoms with Crippen molar-refractivity contribution in [1.29, 1.82) is 5.41 Å². The summed E-state index contributed by atoms with van der Waals surface area (Å²) in [6.45, 7) is 0.0177. The number of Topliss-reactive ketones (excluding diaryl/α,β-unsaturated/α-hetero) is 1. The molecule has 0 aliphatic heterocycles. The highest BCUT2D eigenvalue weighted by atomic mass is 35.5. The van der Waals surface area contributed by atoms with Gasteiger partial charge in [0.2, 0.25) is 0 Å². The van der Waals surface area contributed by atoms with Gasteiger partial charge in [-0.1, -0.05) is 6.07 Å². The quantitative estimate of drug-likeness (QED) is 0.461. The predicted octanol–water partition coefficient (Wildman–Crippen LogP) is -1.73. The van der Waals surface area contributed by atoms with E-state index in [4.69, 9.17) is 10.5 Å². The van der Waals surface area contributed by atoms with Crippen LogP contribution in [0.1, 0.15) is 10.4 Å². The summed E-state index contributed by atoms with van der Waals surface area (Å²) in [7, 11) is 0. The highest BCUT2D eigenvalue weighted by Crippen LogP contribution is 2.25. The maximum absolute atomic E-state index is 11.9. The normalized spacial score (nSPS) is 9.68. The van der Waals surface area contributed by atoms with E-state index in [0.29, 0.717) is 5.56 Å². The number of phenolic OH excluding ortho intramolecular Hbond substituents is 2. The Hall–Kier alpha value is -2.27. The molecular formula is C13H12ClN2O3-. The SMILES string of the molecule is N=c1ccccn1CC(=O)c1ccc(O)c(O)c1.[Cl-]. The monoisotopic (exact) mass is 279 g/mol. The van der Waals surface area contributed by atoms with Crippen molar-refractivity contribution in [3.05, 3.63) is 53.6 Å². The van der Waals surface area contributed by atoms with E-state index in [-0.39, 0.29) is 41.7 Å². The van der Waals surface area contributed by atoms with Crippen LogP contribution in [0.4, 0.5) is 0 Å². The molecule has 0 spiro atoms. The average molecular weight is 280 g/mol. The zero-order valence-electron chi connectivity index (χ0n) is 9.88. The molecule has 0 bridgehead atoms. The highest BCUT2D eigenvalue weighted by Gasteiger charge is 2.09. The number of nitrogens with zero attached hydrogens (tertiary/aromatic N) is 1. The molecule has 1 heterocycles. The second-order valence-electron chi connectivity index (χ2n) is 3.84. The summed E-state index contributed by atoms with van der Waals surface area (Å²) in [5, 5.41) is 26.1. The molecule has 1 aromatic heterocycles. The molecule has 0 saturated heterocycles. The van der Waals surface area contributed by atoms with E-state index >= 15 is 0 Å². The molecule has 0 saturated carbocycles. The first-order valence-electron chi connectivity index (χ1n) is 5.33. The number of ketones is 1. The molecule has 0 unspecified atom stereocenters. The van der Waals surface area contributed by atoms with Crippen molar-refractivity contribution >= 4 is 5.78 Å². The standard InChI is InChI=1S/C13H12N2O3.ClH/c14-13-3-1-2-6-15(13)8-12(18)9-4-5-10(16)11(17)7-9;/h1-7,14,16-17H,8H2;1H/p-1. The molecule has 0 amide bonds. The number of halogens is 1. The second-order valence-corrected chi connectivity index (χ2v) is 3.84. The minimum atomic E-state index is -0.329. The van der Waals surface area contributed by atoms with Crippen LogP contribution in [-0.4, -0.2) is 20.6 Å². The van der Waals surface area contributed by atoms with Gasteiger partial charge in [-0.3, -0.25) is 10.2 Å². The number of phenols is 2. The smallest absolute Gasteiger partial charge is 0.182 e. The van der Waals surface area contributed by atoms with E-state index in [1.165, 1.54) is 22.8 Å². The highest BCUT2D eigenvalue weighted by molar-refractivity contribution is 5.96. The Bertz CT molecular complexity index is 652. The lowest BCUT2D eigenvalue weighted by molar-refractivity contribution is -0.0000136. The van der Waals surface area contributed by atoms with Crippen LogP contribution >= 0.6 is 0 Å². The third-order valence-corrected chi connectivity index (χ3v) is 2.55. The lowest BCUT2D eigenvalue weighted by Gasteiger charge is -2.06. The van der Waals surface area contributed by atoms with Crippen molar-refractivity contribution in [3.8, 4) is 11.5 Å². The third-order valence-electron chi connectivity index (χ3n) is 2.55. The molecular weight excluding hydrogens is 268 g/mol. The van der Waals surface area contributed by atoms with Gasteiger partial charge in [-0.05, 0) is 30.3 Å². The molecule has 5 nitrogen and oxygen atoms in total. The molecule has 6 heteroatoms. The van der Waals surface area contributed by atoms with Crippen molar-refractivity contribution in [1.82, 2.24) is 4.57 Å². The minimum absolute atomic E-state index is 0. The molecule has 1 aromatic carbocycles. The molecule has 19 heavy (non-hydrogen) atoms. The topological polar surface area (TPSA) is 86.3 Å². The Morgan fingerprint density at radius 1 is 1.16 bits per heavy atom. The zero-order chi connectivity index (χ0) is 13.1. The zero-order valence-corrected chi connectivity index (χ0v) is 10.6. The Morgan fingerprint density at radius 3 is 2.53 bits per heavy atom. The molecule has 100 valence electrons. The minimum Gasteiger partial charge on any atom is -1.00 e. The van der Waals surface area contributed by atoms with E-state index in [0.717, 1.165) is 0 Å². The molecule has 0 radical (unpaired) electrons. The van der Waals surface area contributed by atoms with E-state index in [9.17, 15) is 9.90 Å². The van der Waals surface area contributed by atoms with Crippen LogP contribution in [0.25, 0.3) is 0 Å². The maximum atomic E-state index is 11.9. The van der Waals surface area contributed by atoms with Crippen LogP contribution in [0.5, 0.6) is 11.5 Å².